The predicted molar refractivity (Wildman–Crippen MR) is 77.4 cm³/mol. The topological polar surface area (TPSA) is 3.24 Å². The molecule has 1 aliphatic carbocycles. The zero-order valence-corrected chi connectivity index (χ0v) is 11.4. The van der Waals surface area contributed by atoms with Gasteiger partial charge in [-0.3, -0.25) is 0 Å². The van der Waals surface area contributed by atoms with Crippen LogP contribution in [0.25, 0.3) is 0 Å². The summed E-state index contributed by atoms with van der Waals surface area (Å²) in [6, 6.07) is 8.51. The molecule has 0 atom stereocenters. The molecule has 1 nitrogen and oxygen atoms in total. The molecule has 0 N–H and O–H groups in total. The summed E-state index contributed by atoms with van der Waals surface area (Å²) in [4.78, 5) is 2.29. The van der Waals surface area contributed by atoms with Crippen LogP contribution in [0.2, 0.25) is 0 Å². The summed E-state index contributed by atoms with van der Waals surface area (Å²) < 4.78 is 0. The first kappa shape index (κ1) is 13.6. The largest absolute Gasteiger partial charge is 0.348 e. The molecule has 1 heteroatoms. The van der Waals surface area contributed by atoms with Gasteiger partial charge in [-0.05, 0) is 37.5 Å². The highest BCUT2D eigenvalue weighted by molar-refractivity contribution is 5.57. The predicted octanol–water partition coefficient (Wildman–Crippen LogP) is 4.69. The maximum atomic E-state index is 2.29. The first-order chi connectivity index (χ1) is 8.29. The zero-order valence-electron chi connectivity index (χ0n) is 11.4. The third-order valence-electron chi connectivity index (χ3n) is 2.90. The molecule has 1 aliphatic rings. The second kappa shape index (κ2) is 6.95. The number of allylic oxidation sites excluding steroid dienone is 4. The molecule has 0 aromatic heterocycles. The van der Waals surface area contributed by atoms with Crippen molar-refractivity contribution in [2.24, 2.45) is 0 Å². The van der Waals surface area contributed by atoms with E-state index in [0.717, 1.165) is 12.8 Å². The number of rotatable bonds is 2. The molecule has 0 radical (unpaired) electrons. The number of anilines is 1. The van der Waals surface area contributed by atoms with Gasteiger partial charge in [-0.15, -0.1) is 0 Å². The number of hydrogen-bond donors (Lipinski definition) is 0. The normalized spacial score (nSPS) is 13.5. The Hall–Kier alpha value is -1.50. The van der Waals surface area contributed by atoms with Gasteiger partial charge in [0.1, 0.15) is 0 Å². The number of hydrogen-bond acceptors (Lipinski definition) is 1. The van der Waals surface area contributed by atoms with E-state index in [1.165, 1.54) is 16.9 Å². The minimum Gasteiger partial charge on any atom is -0.348 e. The van der Waals surface area contributed by atoms with Crippen molar-refractivity contribution in [3.05, 3.63) is 53.8 Å². The van der Waals surface area contributed by atoms with E-state index in [1.54, 1.807) is 0 Å². The molecule has 0 bridgehead atoms. The number of aryl methyl sites for hydroxylation is 1. The van der Waals surface area contributed by atoms with Gasteiger partial charge in [0, 0.05) is 18.4 Å². The quantitative estimate of drug-likeness (QED) is 0.711. The van der Waals surface area contributed by atoms with Gasteiger partial charge < -0.3 is 4.90 Å². The second-order valence-corrected chi connectivity index (χ2v) is 3.97. The first-order valence-electron chi connectivity index (χ1n) is 6.44. The minimum atomic E-state index is 1.14. The first-order valence-corrected chi connectivity index (χ1v) is 6.44. The van der Waals surface area contributed by atoms with Crippen LogP contribution >= 0.6 is 0 Å². The summed E-state index contributed by atoms with van der Waals surface area (Å²) in [6.07, 6.45) is 8.86. The Kier molecular flexibility index (Phi) is 5.55. The molecular weight excluding hydrogens is 206 g/mol. The molecule has 0 spiro atoms. The van der Waals surface area contributed by atoms with E-state index in [1.807, 2.05) is 13.8 Å². The third-order valence-corrected chi connectivity index (χ3v) is 2.90. The molecule has 0 fully saturated rings. The Labute approximate surface area is 105 Å². The Morgan fingerprint density at radius 1 is 1.12 bits per heavy atom. The van der Waals surface area contributed by atoms with Crippen molar-refractivity contribution in [3.8, 4) is 0 Å². The molecule has 0 saturated carbocycles. The molecule has 92 valence electrons. The molecule has 1 aromatic rings. The zero-order chi connectivity index (χ0) is 12.7. The average molecular weight is 229 g/mol. The summed E-state index contributed by atoms with van der Waals surface area (Å²) >= 11 is 0. The van der Waals surface area contributed by atoms with E-state index in [2.05, 4.69) is 61.4 Å². The summed E-state index contributed by atoms with van der Waals surface area (Å²) in [7, 11) is 2.15. The van der Waals surface area contributed by atoms with Crippen molar-refractivity contribution < 1.29 is 0 Å². The lowest BCUT2D eigenvalue weighted by molar-refractivity contribution is 0.894. The lowest BCUT2D eigenvalue weighted by Crippen LogP contribution is -2.17. The van der Waals surface area contributed by atoms with Crippen molar-refractivity contribution in [1.29, 1.82) is 0 Å². The van der Waals surface area contributed by atoms with Gasteiger partial charge in [0.15, 0.2) is 0 Å². The van der Waals surface area contributed by atoms with Crippen LogP contribution in [0.3, 0.4) is 0 Å². The summed E-state index contributed by atoms with van der Waals surface area (Å²) in [5, 5.41) is 0. The Balaban J connectivity index is 0.000000686. The van der Waals surface area contributed by atoms with Crippen LogP contribution in [0, 0.1) is 6.92 Å². The summed E-state index contributed by atoms with van der Waals surface area (Å²) in [5.74, 6) is 0. The number of benzene rings is 1. The van der Waals surface area contributed by atoms with Crippen molar-refractivity contribution in [2.45, 2.75) is 33.6 Å². The maximum absolute atomic E-state index is 2.29. The molecule has 0 aliphatic heterocycles. The number of nitrogens with zero attached hydrogens (tertiary/aromatic N) is 1. The molecular formula is C16H23N. The van der Waals surface area contributed by atoms with Crippen LogP contribution < -0.4 is 4.90 Å². The number of para-hydroxylation sites is 1. The molecule has 2 rings (SSSR count). The fourth-order valence-electron chi connectivity index (χ4n) is 1.96. The fraction of sp³-hybridized carbons (Fsp3) is 0.375. The van der Waals surface area contributed by atoms with Crippen molar-refractivity contribution in [2.75, 3.05) is 11.9 Å². The highest BCUT2D eigenvalue weighted by Crippen LogP contribution is 2.25. The van der Waals surface area contributed by atoms with Crippen molar-refractivity contribution in [3.63, 3.8) is 0 Å². The van der Waals surface area contributed by atoms with Gasteiger partial charge >= 0.3 is 0 Å². The maximum Gasteiger partial charge on any atom is 0.0435 e. The highest BCUT2D eigenvalue weighted by Gasteiger charge is 2.09. The third kappa shape index (κ3) is 3.48. The summed E-state index contributed by atoms with van der Waals surface area (Å²) in [5.41, 5.74) is 4.03. The van der Waals surface area contributed by atoms with Crippen LogP contribution in [-0.2, 0) is 0 Å². The van der Waals surface area contributed by atoms with Crippen LogP contribution in [-0.4, -0.2) is 7.05 Å². The molecule has 0 saturated heterocycles. The Bertz CT molecular complexity index is 402. The van der Waals surface area contributed by atoms with Gasteiger partial charge in [0.25, 0.3) is 0 Å². The molecule has 17 heavy (non-hydrogen) atoms. The average Bonchev–Trinajstić information content (AvgIpc) is 2.42. The van der Waals surface area contributed by atoms with E-state index in [0.29, 0.717) is 0 Å². The minimum absolute atomic E-state index is 1.14. The van der Waals surface area contributed by atoms with E-state index in [9.17, 15) is 0 Å². The van der Waals surface area contributed by atoms with Gasteiger partial charge in [0.05, 0.1) is 0 Å². The van der Waals surface area contributed by atoms with Crippen molar-refractivity contribution >= 4 is 5.69 Å². The van der Waals surface area contributed by atoms with E-state index >= 15 is 0 Å². The van der Waals surface area contributed by atoms with Crippen LogP contribution in [0.1, 0.15) is 32.3 Å². The van der Waals surface area contributed by atoms with E-state index in [-0.39, 0.29) is 0 Å². The SMILES string of the molecule is CC.Cc1ccccc1N(C)C1=CC=CCC1. The van der Waals surface area contributed by atoms with Gasteiger partial charge in [-0.2, -0.15) is 0 Å². The Morgan fingerprint density at radius 3 is 2.41 bits per heavy atom. The van der Waals surface area contributed by atoms with Gasteiger partial charge in [-0.25, -0.2) is 0 Å². The van der Waals surface area contributed by atoms with E-state index < -0.39 is 0 Å². The summed E-state index contributed by atoms with van der Waals surface area (Å²) in [6.45, 7) is 6.16. The highest BCUT2D eigenvalue weighted by atomic mass is 15.1. The molecule has 1 aromatic carbocycles. The van der Waals surface area contributed by atoms with Crippen LogP contribution in [0.15, 0.2) is 48.2 Å². The standard InChI is InChI=1S/C14H17N.C2H6/c1-12-8-6-7-11-14(12)15(2)13-9-4-3-5-10-13;1-2/h3-4,6-9,11H,5,10H2,1-2H3;1-2H3. The lowest BCUT2D eigenvalue weighted by Gasteiger charge is -2.25. The molecule has 0 unspecified atom stereocenters. The lowest BCUT2D eigenvalue weighted by atomic mass is 10.1. The van der Waals surface area contributed by atoms with Crippen molar-refractivity contribution in [1.82, 2.24) is 0 Å². The van der Waals surface area contributed by atoms with Gasteiger partial charge in [-0.1, -0.05) is 44.2 Å². The fourth-order valence-corrected chi connectivity index (χ4v) is 1.96. The monoisotopic (exact) mass is 229 g/mol. The van der Waals surface area contributed by atoms with E-state index in [4.69, 9.17) is 0 Å². The second-order valence-electron chi connectivity index (χ2n) is 3.97. The van der Waals surface area contributed by atoms with Crippen LogP contribution in [0.5, 0.6) is 0 Å². The molecule has 0 amide bonds. The smallest absolute Gasteiger partial charge is 0.0435 e. The Morgan fingerprint density at radius 2 is 1.82 bits per heavy atom. The van der Waals surface area contributed by atoms with Crippen LogP contribution in [0.4, 0.5) is 5.69 Å². The van der Waals surface area contributed by atoms with Gasteiger partial charge in [0.2, 0.25) is 0 Å². The molecule has 0 heterocycles.